The summed E-state index contributed by atoms with van der Waals surface area (Å²) in [5.41, 5.74) is 0. The average Bonchev–Trinajstić information content (AvgIpc) is 2.09. The zero-order chi connectivity index (χ0) is 7.72. The Kier molecular flexibility index (Phi) is 2.63. The average molecular weight is 198 g/mol. The minimum absolute atomic E-state index is 0.362. The van der Waals surface area contributed by atoms with Gasteiger partial charge in [-0.1, -0.05) is 23.2 Å². The Morgan fingerprint density at radius 3 is 2.50 bits per heavy atom. The van der Waals surface area contributed by atoms with Crippen LogP contribution in [0.2, 0.25) is 0 Å². The van der Waals surface area contributed by atoms with E-state index in [2.05, 4.69) is 0 Å². The molecule has 1 aliphatic heterocycles. The third-order valence-electron chi connectivity index (χ3n) is 1.19. The standard InChI is InChI=1S/C5H5Cl2NOS/c1-8-3(2-9)4(6)5(7)10-8/h2-3H,1H3. The number of halogens is 2. The van der Waals surface area contributed by atoms with Gasteiger partial charge in [0.15, 0.2) is 0 Å². The maximum atomic E-state index is 10.3. The molecule has 0 amide bonds. The van der Waals surface area contributed by atoms with Gasteiger partial charge in [0.05, 0.1) is 5.03 Å². The molecule has 2 nitrogen and oxygen atoms in total. The smallest absolute Gasteiger partial charge is 0.143 e. The largest absolute Gasteiger partial charge is 0.301 e. The number of rotatable bonds is 1. The first-order chi connectivity index (χ1) is 4.66. The molecule has 1 heterocycles. The van der Waals surface area contributed by atoms with Crippen molar-refractivity contribution < 1.29 is 4.79 Å². The minimum atomic E-state index is -0.362. The van der Waals surface area contributed by atoms with Gasteiger partial charge in [-0.25, -0.2) is 4.31 Å². The highest BCUT2D eigenvalue weighted by Gasteiger charge is 2.28. The Balaban J connectivity index is 2.82. The highest BCUT2D eigenvalue weighted by molar-refractivity contribution is 8.02. The molecule has 10 heavy (non-hydrogen) atoms. The zero-order valence-corrected chi connectivity index (χ0v) is 7.50. The van der Waals surface area contributed by atoms with Crippen molar-refractivity contribution in [1.82, 2.24) is 4.31 Å². The Morgan fingerprint density at radius 1 is 1.70 bits per heavy atom. The van der Waals surface area contributed by atoms with Gasteiger partial charge in [0.2, 0.25) is 0 Å². The van der Waals surface area contributed by atoms with Gasteiger partial charge in [0.25, 0.3) is 0 Å². The first-order valence-electron chi connectivity index (χ1n) is 2.58. The first kappa shape index (κ1) is 8.40. The van der Waals surface area contributed by atoms with Gasteiger partial charge in [0, 0.05) is 0 Å². The van der Waals surface area contributed by atoms with E-state index in [0.29, 0.717) is 9.40 Å². The quantitative estimate of drug-likeness (QED) is 0.473. The predicted molar refractivity (Wildman–Crippen MR) is 43.9 cm³/mol. The molecule has 0 aromatic heterocycles. The lowest BCUT2D eigenvalue weighted by Crippen LogP contribution is -2.22. The molecule has 0 aromatic rings. The second kappa shape index (κ2) is 3.13. The molecule has 1 atom stereocenters. The fourth-order valence-electron chi connectivity index (χ4n) is 0.648. The molecular weight excluding hydrogens is 193 g/mol. The van der Waals surface area contributed by atoms with Crippen molar-refractivity contribution in [3.8, 4) is 0 Å². The number of carbonyl (C=O) groups is 1. The van der Waals surface area contributed by atoms with Gasteiger partial charge in [-0.15, -0.1) is 0 Å². The van der Waals surface area contributed by atoms with Crippen LogP contribution >= 0.6 is 35.1 Å². The fourth-order valence-corrected chi connectivity index (χ4v) is 2.18. The second-order valence-corrected chi connectivity index (χ2v) is 4.02. The summed E-state index contributed by atoms with van der Waals surface area (Å²) >= 11 is 12.6. The molecule has 56 valence electrons. The van der Waals surface area contributed by atoms with Crippen molar-refractivity contribution in [1.29, 1.82) is 0 Å². The highest BCUT2D eigenvalue weighted by atomic mass is 35.5. The summed E-state index contributed by atoms with van der Waals surface area (Å²) < 4.78 is 2.19. The number of nitrogens with zero attached hydrogens (tertiary/aromatic N) is 1. The third kappa shape index (κ3) is 1.32. The monoisotopic (exact) mass is 197 g/mol. The molecule has 1 unspecified atom stereocenters. The Labute approximate surface area is 73.3 Å². The molecule has 0 bridgehead atoms. The lowest BCUT2D eigenvalue weighted by molar-refractivity contribution is -0.109. The van der Waals surface area contributed by atoms with Gasteiger partial charge >= 0.3 is 0 Å². The van der Waals surface area contributed by atoms with E-state index < -0.39 is 0 Å². The maximum Gasteiger partial charge on any atom is 0.143 e. The normalized spacial score (nSPS) is 27.7. The van der Waals surface area contributed by atoms with Crippen LogP contribution < -0.4 is 0 Å². The van der Waals surface area contributed by atoms with E-state index in [1.54, 1.807) is 11.4 Å². The van der Waals surface area contributed by atoms with E-state index >= 15 is 0 Å². The number of hydrogen-bond acceptors (Lipinski definition) is 3. The van der Waals surface area contributed by atoms with Crippen LogP contribution in [-0.4, -0.2) is 23.7 Å². The van der Waals surface area contributed by atoms with Crippen LogP contribution in [0.1, 0.15) is 0 Å². The molecule has 0 saturated heterocycles. The van der Waals surface area contributed by atoms with Crippen molar-refractivity contribution in [3.63, 3.8) is 0 Å². The van der Waals surface area contributed by atoms with E-state index in [4.69, 9.17) is 23.2 Å². The summed E-state index contributed by atoms with van der Waals surface area (Å²) in [6, 6.07) is -0.362. The molecule has 0 fully saturated rings. The van der Waals surface area contributed by atoms with E-state index in [0.717, 1.165) is 6.29 Å². The molecule has 1 aliphatic rings. The molecule has 0 N–H and O–H groups in total. The lowest BCUT2D eigenvalue weighted by atomic mass is 10.3. The van der Waals surface area contributed by atoms with E-state index in [9.17, 15) is 4.79 Å². The molecule has 5 heteroatoms. The number of carbonyl (C=O) groups excluding carboxylic acids is 1. The summed E-state index contributed by atoms with van der Waals surface area (Å²) in [7, 11) is 1.77. The molecule has 1 rings (SSSR count). The molecule has 0 spiro atoms. The molecule has 0 aliphatic carbocycles. The predicted octanol–water partition coefficient (Wildman–Crippen LogP) is 1.79. The van der Waals surface area contributed by atoms with Crippen LogP contribution in [0.4, 0.5) is 0 Å². The minimum Gasteiger partial charge on any atom is -0.301 e. The van der Waals surface area contributed by atoms with E-state index in [1.807, 2.05) is 0 Å². The maximum absolute atomic E-state index is 10.3. The second-order valence-electron chi connectivity index (χ2n) is 1.84. The molecule has 0 aromatic carbocycles. The van der Waals surface area contributed by atoms with Gasteiger partial charge in [-0.3, -0.25) is 0 Å². The summed E-state index contributed by atoms with van der Waals surface area (Å²) in [4.78, 5) is 10.3. The first-order valence-corrected chi connectivity index (χ1v) is 4.11. The zero-order valence-electron chi connectivity index (χ0n) is 5.17. The van der Waals surface area contributed by atoms with Gasteiger partial charge < -0.3 is 4.79 Å². The van der Waals surface area contributed by atoms with Crippen molar-refractivity contribution in [2.45, 2.75) is 6.04 Å². The lowest BCUT2D eigenvalue weighted by Gasteiger charge is -2.10. The summed E-state index contributed by atoms with van der Waals surface area (Å²) in [6.45, 7) is 0. The van der Waals surface area contributed by atoms with Gasteiger partial charge in [-0.2, -0.15) is 0 Å². The van der Waals surface area contributed by atoms with Gasteiger partial charge in [0.1, 0.15) is 16.7 Å². The van der Waals surface area contributed by atoms with Crippen molar-refractivity contribution in [2.75, 3.05) is 7.05 Å². The van der Waals surface area contributed by atoms with E-state index in [-0.39, 0.29) is 6.04 Å². The number of likely N-dealkylation sites (N-methyl/N-ethyl adjacent to an activating group) is 1. The van der Waals surface area contributed by atoms with Crippen LogP contribution in [0, 0.1) is 0 Å². The Hall–Kier alpha value is 0.300. The van der Waals surface area contributed by atoms with Crippen LogP contribution in [-0.2, 0) is 4.79 Å². The van der Waals surface area contributed by atoms with Crippen molar-refractivity contribution >= 4 is 41.4 Å². The highest BCUT2D eigenvalue weighted by Crippen LogP contribution is 2.39. The van der Waals surface area contributed by atoms with Crippen LogP contribution in [0.3, 0.4) is 0 Å². The number of aldehydes is 1. The fraction of sp³-hybridized carbons (Fsp3) is 0.400. The molecule has 0 saturated carbocycles. The van der Waals surface area contributed by atoms with Gasteiger partial charge in [-0.05, 0) is 19.0 Å². The molecular formula is C5H5Cl2NOS. The summed E-state index contributed by atoms with van der Waals surface area (Å²) in [6.07, 6.45) is 0.769. The van der Waals surface area contributed by atoms with Crippen LogP contribution in [0.5, 0.6) is 0 Å². The third-order valence-corrected chi connectivity index (χ3v) is 3.12. The Morgan fingerprint density at radius 2 is 2.30 bits per heavy atom. The van der Waals surface area contributed by atoms with Crippen LogP contribution in [0.25, 0.3) is 0 Å². The SMILES string of the molecule is CN1SC(Cl)=C(Cl)C1C=O. The van der Waals surface area contributed by atoms with E-state index in [1.165, 1.54) is 11.9 Å². The topological polar surface area (TPSA) is 20.3 Å². The Bertz CT molecular complexity index is 194. The molecule has 0 radical (unpaired) electrons. The number of hydrogen-bond donors (Lipinski definition) is 0. The van der Waals surface area contributed by atoms with Crippen molar-refractivity contribution in [3.05, 3.63) is 9.40 Å². The summed E-state index contributed by atoms with van der Waals surface area (Å²) in [5, 5.41) is 0.421. The van der Waals surface area contributed by atoms with Crippen molar-refractivity contribution in [2.24, 2.45) is 0 Å². The van der Waals surface area contributed by atoms with Crippen LogP contribution in [0.15, 0.2) is 9.40 Å². The summed E-state index contributed by atoms with van der Waals surface area (Å²) in [5.74, 6) is 0.